The molecule has 0 atom stereocenters. The molecule has 2 aliphatic heterocycles. The molecule has 2 fully saturated rings. The van der Waals surface area contributed by atoms with E-state index in [4.69, 9.17) is 0 Å². The topological polar surface area (TPSA) is 45.2 Å². The van der Waals surface area contributed by atoms with E-state index in [1.54, 1.807) is 6.20 Å². The standard InChI is InChI=1S/C15H21N3O/c1-12-2-3-13(10-17-12)14(19)18-9-6-15(11-18)4-7-16-8-5-15/h2-3,10,16H,4-9,11H2,1H3. The molecule has 102 valence electrons. The van der Waals surface area contributed by atoms with Crippen LogP contribution in [0.4, 0.5) is 0 Å². The third-order valence-electron chi connectivity index (χ3n) is 4.55. The summed E-state index contributed by atoms with van der Waals surface area (Å²) < 4.78 is 0. The molecule has 1 aromatic rings. The molecule has 1 aromatic heterocycles. The predicted molar refractivity (Wildman–Crippen MR) is 74.0 cm³/mol. The summed E-state index contributed by atoms with van der Waals surface area (Å²) >= 11 is 0. The smallest absolute Gasteiger partial charge is 0.255 e. The number of carbonyl (C=O) groups is 1. The number of nitrogens with one attached hydrogen (secondary N) is 1. The van der Waals surface area contributed by atoms with Gasteiger partial charge in [0.25, 0.3) is 5.91 Å². The maximum Gasteiger partial charge on any atom is 0.255 e. The highest BCUT2D eigenvalue weighted by atomic mass is 16.2. The highest BCUT2D eigenvalue weighted by molar-refractivity contribution is 5.94. The zero-order valence-corrected chi connectivity index (χ0v) is 11.5. The van der Waals surface area contributed by atoms with Crippen LogP contribution in [0.5, 0.6) is 0 Å². The number of aromatic nitrogens is 1. The molecule has 19 heavy (non-hydrogen) atoms. The monoisotopic (exact) mass is 259 g/mol. The van der Waals surface area contributed by atoms with Crippen LogP contribution >= 0.6 is 0 Å². The van der Waals surface area contributed by atoms with Crippen LogP contribution < -0.4 is 5.32 Å². The number of aryl methyl sites for hydroxylation is 1. The summed E-state index contributed by atoms with van der Waals surface area (Å²) in [5, 5.41) is 3.40. The number of piperidine rings is 1. The van der Waals surface area contributed by atoms with E-state index in [1.807, 2.05) is 24.0 Å². The number of hydrogen-bond acceptors (Lipinski definition) is 3. The Labute approximate surface area is 114 Å². The summed E-state index contributed by atoms with van der Waals surface area (Å²) in [7, 11) is 0. The molecule has 0 saturated carbocycles. The maximum atomic E-state index is 12.5. The van der Waals surface area contributed by atoms with Gasteiger partial charge in [0.1, 0.15) is 0 Å². The molecule has 2 aliphatic rings. The molecule has 4 heteroatoms. The molecule has 0 unspecified atom stereocenters. The summed E-state index contributed by atoms with van der Waals surface area (Å²) in [5.41, 5.74) is 2.04. The van der Waals surface area contributed by atoms with E-state index in [1.165, 1.54) is 12.8 Å². The Balaban J connectivity index is 1.70. The molecule has 2 saturated heterocycles. The first-order chi connectivity index (χ1) is 9.19. The van der Waals surface area contributed by atoms with Gasteiger partial charge in [-0.05, 0) is 56.8 Å². The lowest BCUT2D eigenvalue weighted by atomic mass is 9.78. The fraction of sp³-hybridized carbons (Fsp3) is 0.600. The van der Waals surface area contributed by atoms with E-state index in [0.717, 1.165) is 43.9 Å². The van der Waals surface area contributed by atoms with Crippen LogP contribution in [0.3, 0.4) is 0 Å². The lowest BCUT2D eigenvalue weighted by molar-refractivity contribution is 0.0761. The average Bonchev–Trinajstić information content (AvgIpc) is 2.83. The number of amides is 1. The molecular weight excluding hydrogens is 238 g/mol. The SMILES string of the molecule is Cc1ccc(C(=O)N2CCC3(CCNCC3)C2)cn1. The van der Waals surface area contributed by atoms with Gasteiger partial charge in [0.15, 0.2) is 0 Å². The van der Waals surface area contributed by atoms with Crippen molar-refractivity contribution in [1.82, 2.24) is 15.2 Å². The normalized spacial score (nSPS) is 21.8. The van der Waals surface area contributed by atoms with E-state index in [0.29, 0.717) is 5.41 Å². The van der Waals surface area contributed by atoms with Crippen LogP contribution in [0.25, 0.3) is 0 Å². The average molecular weight is 259 g/mol. The Morgan fingerprint density at radius 3 is 2.79 bits per heavy atom. The summed E-state index contributed by atoms with van der Waals surface area (Å²) in [6, 6.07) is 3.79. The van der Waals surface area contributed by atoms with Crippen molar-refractivity contribution in [3.8, 4) is 0 Å². The van der Waals surface area contributed by atoms with Gasteiger partial charge in [-0.25, -0.2) is 0 Å². The Morgan fingerprint density at radius 1 is 1.32 bits per heavy atom. The van der Waals surface area contributed by atoms with Gasteiger partial charge in [-0.15, -0.1) is 0 Å². The van der Waals surface area contributed by atoms with Gasteiger partial charge >= 0.3 is 0 Å². The predicted octanol–water partition coefficient (Wildman–Crippen LogP) is 1.61. The van der Waals surface area contributed by atoms with Gasteiger partial charge in [0.05, 0.1) is 5.56 Å². The quantitative estimate of drug-likeness (QED) is 0.833. The minimum absolute atomic E-state index is 0.142. The van der Waals surface area contributed by atoms with Crippen LogP contribution in [0.15, 0.2) is 18.3 Å². The van der Waals surface area contributed by atoms with Crippen LogP contribution in [-0.2, 0) is 0 Å². The minimum Gasteiger partial charge on any atom is -0.338 e. The van der Waals surface area contributed by atoms with E-state index >= 15 is 0 Å². The molecule has 0 radical (unpaired) electrons. The van der Waals surface area contributed by atoms with Crippen molar-refractivity contribution in [1.29, 1.82) is 0 Å². The van der Waals surface area contributed by atoms with E-state index in [9.17, 15) is 4.79 Å². The minimum atomic E-state index is 0.142. The van der Waals surface area contributed by atoms with E-state index < -0.39 is 0 Å². The second-order valence-corrected chi connectivity index (χ2v) is 5.91. The second kappa shape index (κ2) is 4.93. The number of rotatable bonds is 1. The van der Waals surface area contributed by atoms with Gasteiger partial charge in [-0.3, -0.25) is 9.78 Å². The number of pyridine rings is 1. The summed E-state index contributed by atoms with van der Waals surface area (Å²) in [5.74, 6) is 0.142. The Hall–Kier alpha value is -1.42. The van der Waals surface area contributed by atoms with Gasteiger partial charge in [0, 0.05) is 25.0 Å². The molecular formula is C15H21N3O. The summed E-state index contributed by atoms with van der Waals surface area (Å²) in [6.07, 6.45) is 5.25. The molecule has 0 bridgehead atoms. The highest BCUT2D eigenvalue weighted by Crippen LogP contribution is 2.38. The van der Waals surface area contributed by atoms with Crippen molar-refractivity contribution < 1.29 is 4.79 Å². The number of carbonyl (C=O) groups excluding carboxylic acids is 1. The van der Waals surface area contributed by atoms with Crippen molar-refractivity contribution in [3.05, 3.63) is 29.6 Å². The van der Waals surface area contributed by atoms with Gasteiger partial charge in [-0.2, -0.15) is 0 Å². The van der Waals surface area contributed by atoms with Crippen molar-refractivity contribution in [3.63, 3.8) is 0 Å². The first kappa shape index (κ1) is 12.6. The number of hydrogen-bond donors (Lipinski definition) is 1. The second-order valence-electron chi connectivity index (χ2n) is 5.91. The van der Waals surface area contributed by atoms with Crippen LogP contribution in [0.1, 0.15) is 35.3 Å². The first-order valence-electron chi connectivity index (χ1n) is 7.11. The number of nitrogens with zero attached hydrogens (tertiary/aromatic N) is 2. The Morgan fingerprint density at radius 2 is 2.11 bits per heavy atom. The zero-order chi connectivity index (χ0) is 13.3. The van der Waals surface area contributed by atoms with Gasteiger partial charge < -0.3 is 10.2 Å². The molecule has 0 aliphatic carbocycles. The van der Waals surface area contributed by atoms with Crippen molar-refractivity contribution in [2.45, 2.75) is 26.2 Å². The van der Waals surface area contributed by atoms with E-state index in [2.05, 4.69) is 10.3 Å². The lowest BCUT2D eigenvalue weighted by Gasteiger charge is -2.33. The zero-order valence-electron chi connectivity index (χ0n) is 11.5. The Kier molecular flexibility index (Phi) is 3.27. The first-order valence-corrected chi connectivity index (χ1v) is 7.11. The Bertz CT molecular complexity index is 463. The van der Waals surface area contributed by atoms with Crippen LogP contribution in [0.2, 0.25) is 0 Å². The highest BCUT2D eigenvalue weighted by Gasteiger charge is 2.40. The third-order valence-corrected chi connectivity index (χ3v) is 4.55. The lowest BCUT2D eigenvalue weighted by Crippen LogP contribution is -2.39. The summed E-state index contributed by atoms with van der Waals surface area (Å²) in [6.45, 7) is 5.93. The molecule has 1 spiro atoms. The van der Waals surface area contributed by atoms with Crippen molar-refractivity contribution >= 4 is 5.91 Å². The molecule has 4 nitrogen and oxygen atoms in total. The van der Waals surface area contributed by atoms with E-state index in [-0.39, 0.29) is 5.91 Å². The van der Waals surface area contributed by atoms with Crippen molar-refractivity contribution in [2.24, 2.45) is 5.41 Å². The van der Waals surface area contributed by atoms with Gasteiger partial charge in [-0.1, -0.05) is 0 Å². The third kappa shape index (κ3) is 2.50. The summed E-state index contributed by atoms with van der Waals surface area (Å²) in [4.78, 5) is 18.7. The largest absolute Gasteiger partial charge is 0.338 e. The number of likely N-dealkylation sites (tertiary alicyclic amines) is 1. The molecule has 1 amide bonds. The van der Waals surface area contributed by atoms with Crippen molar-refractivity contribution in [2.75, 3.05) is 26.2 Å². The van der Waals surface area contributed by atoms with Crippen LogP contribution in [0, 0.1) is 12.3 Å². The molecule has 0 aromatic carbocycles. The van der Waals surface area contributed by atoms with Crippen LogP contribution in [-0.4, -0.2) is 42.0 Å². The molecule has 3 rings (SSSR count). The molecule has 1 N–H and O–H groups in total. The van der Waals surface area contributed by atoms with Gasteiger partial charge in [0.2, 0.25) is 0 Å². The fourth-order valence-corrected chi connectivity index (χ4v) is 3.25. The maximum absolute atomic E-state index is 12.5. The molecule has 3 heterocycles. The fourth-order valence-electron chi connectivity index (χ4n) is 3.25.